The summed E-state index contributed by atoms with van der Waals surface area (Å²) < 4.78 is 16.3. The summed E-state index contributed by atoms with van der Waals surface area (Å²) in [7, 11) is 3.18. The number of morpholine rings is 1. The Hall–Kier alpha value is -3.14. The van der Waals surface area contributed by atoms with Crippen LogP contribution in [0, 0.1) is 6.92 Å². The zero-order chi connectivity index (χ0) is 25.5. The van der Waals surface area contributed by atoms with Gasteiger partial charge in [-0.3, -0.25) is 9.69 Å². The number of aromatic amines is 1. The number of pyridine rings is 1. The quantitative estimate of drug-likeness (QED) is 0.421. The van der Waals surface area contributed by atoms with E-state index in [2.05, 4.69) is 26.2 Å². The maximum absolute atomic E-state index is 13.0. The Morgan fingerprint density at radius 2 is 1.89 bits per heavy atom. The summed E-state index contributed by atoms with van der Waals surface area (Å²) in [4.78, 5) is 20.5. The molecule has 0 saturated carbocycles. The van der Waals surface area contributed by atoms with Crippen LogP contribution in [0.25, 0.3) is 10.9 Å². The summed E-state index contributed by atoms with van der Waals surface area (Å²) in [5, 5.41) is 4.82. The van der Waals surface area contributed by atoms with Crippen LogP contribution in [0.4, 0.5) is 5.69 Å². The molecule has 1 aliphatic heterocycles. The topological polar surface area (TPSA) is 79.1 Å². The number of rotatable bonds is 9. The highest BCUT2D eigenvalue weighted by atomic mass is 32.1. The number of benzene rings is 2. The molecule has 4 rings (SSSR count). The number of fused-ring (bicyclic) bond motifs is 1. The molecule has 192 valence electrons. The zero-order valence-corrected chi connectivity index (χ0v) is 22.0. The number of methoxy groups -OCH3 is 2. The second-order valence-corrected chi connectivity index (χ2v) is 9.33. The predicted octanol–water partition coefficient (Wildman–Crippen LogP) is 3.78. The summed E-state index contributed by atoms with van der Waals surface area (Å²) in [6.07, 6.45) is 0.923. The molecule has 8 nitrogen and oxygen atoms in total. The van der Waals surface area contributed by atoms with Gasteiger partial charge in [0.25, 0.3) is 5.56 Å². The summed E-state index contributed by atoms with van der Waals surface area (Å²) >= 11 is 5.81. The van der Waals surface area contributed by atoms with Crippen LogP contribution in [0.1, 0.15) is 17.5 Å². The Balaban J connectivity index is 1.56. The highest BCUT2D eigenvalue weighted by Crippen LogP contribution is 2.31. The molecule has 3 aromatic rings. The van der Waals surface area contributed by atoms with Crippen LogP contribution < -0.4 is 20.3 Å². The molecule has 1 saturated heterocycles. The van der Waals surface area contributed by atoms with Gasteiger partial charge in [0.05, 0.1) is 39.5 Å². The molecule has 0 bridgehead atoms. The molecule has 2 heterocycles. The monoisotopic (exact) mass is 510 g/mol. The molecule has 1 fully saturated rings. The number of thiocarbonyl (C=S) groups is 1. The minimum atomic E-state index is -0.147. The van der Waals surface area contributed by atoms with E-state index >= 15 is 0 Å². The maximum Gasteiger partial charge on any atom is 0.253 e. The number of ether oxygens (including phenoxy) is 3. The van der Waals surface area contributed by atoms with Crippen LogP contribution in [-0.4, -0.2) is 73.5 Å². The first-order chi connectivity index (χ1) is 17.5. The minimum absolute atomic E-state index is 0.147. The van der Waals surface area contributed by atoms with Gasteiger partial charge in [0.15, 0.2) is 16.6 Å². The fourth-order valence-electron chi connectivity index (χ4n) is 4.39. The summed E-state index contributed by atoms with van der Waals surface area (Å²) in [5.74, 6) is 1.18. The molecule has 9 heteroatoms. The van der Waals surface area contributed by atoms with Crippen molar-refractivity contribution < 1.29 is 14.2 Å². The standard InChI is InChI=1S/C27H34N4O4S/c1-19-6-4-7-22(14-19)28-27(36)31(9-5-8-30-10-12-35-13-11-30)18-21-15-20-16-24(33-2)25(34-3)17-23(20)29-26(21)32/h4,6-7,14-17H,5,8-13,18H2,1-3H3,(H,28,36)(H,29,32). The molecule has 1 aromatic heterocycles. The number of anilines is 1. The van der Waals surface area contributed by atoms with Gasteiger partial charge in [-0.15, -0.1) is 0 Å². The van der Waals surface area contributed by atoms with E-state index in [4.69, 9.17) is 26.4 Å². The summed E-state index contributed by atoms with van der Waals surface area (Å²) in [5.41, 5.74) is 3.26. The highest BCUT2D eigenvalue weighted by molar-refractivity contribution is 7.80. The van der Waals surface area contributed by atoms with Crippen LogP contribution in [0.5, 0.6) is 11.5 Å². The Kier molecular flexibility index (Phi) is 8.79. The lowest BCUT2D eigenvalue weighted by molar-refractivity contribution is 0.0367. The normalized spacial score (nSPS) is 14.0. The number of nitrogens with one attached hydrogen (secondary N) is 2. The zero-order valence-electron chi connectivity index (χ0n) is 21.1. The van der Waals surface area contributed by atoms with Crippen LogP contribution in [-0.2, 0) is 11.3 Å². The minimum Gasteiger partial charge on any atom is -0.493 e. The third kappa shape index (κ3) is 6.54. The van der Waals surface area contributed by atoms with Gasteiger partial charge in [-0.05, 0) is 55.4 Å². The van der Waals surface area contributed by atoms with Crippen LogP contribution in [0.2, 0.25) is 0 Å². The van der Waals surface area contributed by atoms with Gasteiger partial charge in [0, 0.05) is 48.9 Å². The van der Waals surface area contributed by atoms with Gasteiger partial charge in [0.2, 0.25) is 0 Å². The Labute approximate surface area is 217 Å². The van der Waals surface area contributed by atoms with Crippen molar-refractivity contribution in [1.29, 1.82) is 0 Å². The van der Waals surface area contributed by atoms with Crippen molar-refractivity contribution in [3.63, 3.8) is 0 Å². The van der Waals surface area contributed by atoms with Crippen LogP contribution in [0.15, 0.2) is 47.3 Å². The van der Waals surface area contributed by atoms with Crippen molar-refractivity contribution in [3.8, 4) is 11.5 Å². The van der Waals surface area contributed by atoms with Crippen LogP contribution in [0.3, 0.4) is 0 Å². The number of hydrogen-bond acceptors (Lipinski definition) is 6. The molecule has 36 heavy (non-hydrogen) atoms. The lowest BCUT2D eigenvalue weighted by Gasteiger charge is -2.29. The molecule has 0 aliphatic carbocycles. The van der Waals surface area contributed by atoms with Crippen molar-refractivity contribution in [2.45, 2.75) is 19.9 Å². The van der Waals surface area contributed by atoms with Crippen molar-refractivity contribution in [1.82, 2.24) is 14.8 Å². The molecular formula is C27H34N4O4S. The molecule has 0 spiro atoms. The van der Waals surface area contributed by atoms with E-state index in [-0.39, 0.29) is 5.56 Å². The van der Waals surface area contributed by atoms with Gasteiger partial charge < -0.3 is 29.4 Å². The number of H-pyrrole nitrogens is 1. The fraction of sp³-hybridized carbons (Fsp3) is 0.407. The number of aromatic nitrogens is 1. The first kappa shape index (κ1) is 25.9. The Morgan fingerprint density at radius 1 is 1.14 bits per heavy atom. The highest BCUT2D eigenvalue weighted by Gasteiger charge is 2.17. The van der Waals surface area contributed by atoms with Crippen molar-refractivity contribution in [3.05, 3.63) is 63.9 Å². The second kappa shape index (κ2) is 12.2. The third-order valence-electron chi connectivity index (χ3n) is 6.35. The van der Waals surface area contributed by atoms with Gasteiger partial charge >= 0.3 is 0 Å². The lowest BCUT2D eigenvalue weighted by atomic mass is 10.1. The second-order valence-electron chi connectivity index (χ2n) is 8.95. The van der Waals surface area contributed by atoms with Crippen molar-refractivity contribution >= 4 is 33.9 Å². The molecule has 0 unspecified atom stereocenters. The third-order valence-corrected chi connectivity index (χ3v) is 6.71. The largest absolute Gasteiger partial charge is 0.493 e. The van der Waals surface area contributed by atoms with Gasteiger partial charge in [0.1, 0.15) is 0 Å². The predicted molar refractivity (Wildman–Crippen MR) is 147 cm³/mol. The fourth-order valence-corrected chi connectivity index (χ4v) is 4.66. The maximum atomic E-state index is 13.0. The van der Waals surface area contributed by atoms with E-state index in [1.54, 1.807) is 20.3 Å². The first-order valence-electron chi connectivity index (χ1n) is 12.2. The molecule has 0 amide bonds. The van der Waals surface area contributed by atoms with E-state index in [1.807, 2.05) is 37.3 Å². The number of hydrogen-bond donors (Lipinski definition) is 2. The molecule has 1 aliphatic rings. The average Bonchev–Trinajstić information content (AvgIpc) is 2.88. The molecule has 2 N–H and O–H groups in total. The van der Waals surface area contributed by atoms with Gasteiger partial charge in [-0.1, -0.05) is 12.1 Å². The number of aryl methyl sites for hydroxylation is 1. The van der Waals surface area contributed by atoms with Gasteiger partial charge in [-0.2, -0.15) is 0 Å². The van der Waals surface area contributed by atoms with E-state index in [1.165, 1.54) is 0 Å². The van der Waals surface area contributed by atoms with E-state index in [0.29, 0.717) is 34.2 Å². The van der Waals surface area contributed by atoms with Crippen molar-refractivity contribution in [2.24, 2.45) is 0 Å². The Bertz CT molecular complexity index is 1260. The molecule has 0 radical (unpaired) electrons. The van der Waals surface area contributed by atoms with Gasteiger partial charge in [-0.25, -0.2) is 0 Å². The smallest absolute Gasteiger partial charge is 0.253 e. The molecule has 0 atom stereocenters. The van der Waals surface area contributed by atoms with Crippen molar-refractivity contribution in [2.75, 3.05) is 58.9 Å². The number of nitrogens with zero attached hydrogens (tertiary/aromatic N) is 2. The first-order valence-corrected chi connectivity index (χ1v) is 12.6. The summed E-state index contributed by atoms with van der Waals surface area (Å²) in [6.45, 7) is 7.56. The van der Waals surface area contributed by atoms with E-state index in [9.17, 15) is 4.79 Å². The molecular weight excluding hydrogens is 476 g/mol. The Morgan fingerprint density at radius 3 is 2.61 bits per heavy atom. The van der Waals surface area contributed by atoms with E-state index < -0.39 is 0 Å². The summed E-state index contributed by atoms with van der Waals surface area (Å²) in [6, 6.07) is 13.7. The molecule has 2 aromatic carbocycles. The van der Waals surface area contributed by atoms with E-state index in [0.717, 1.165) is 62.5 Å². The SMILES string of the molecule is COc1cc2cc(CN(CCCN3CCOCC3)C(=S)Nc3cccc(C)c3)c(=O)[nH]c2cc1OC. The lowest BCUT2D eigenvalue weighted by Crippen LogP contribution is -2.40. The van der Waals surface area contributed by atoms with Crippen LogP contribution >= 0.6 is 12.2 Å². The average molecular weight is 511 g/mol.